The van der Waals surface area contributed by atoms with Crippen molar-refractivity contribution in [2.75, 3.05) is 7.11 Å². The fourth-order valence-electron chi connectivity index (χ4n) is 4.45. The number of nitrogens with zero attached hydrogens (tertiary/aromatic N) is 1. The molecule has 1 aliphatic heterocycles. The van der Waals surface area contributed by atoms with Crippen molar-refractivity contribution in [2.45, 2.75) is 89.4 Å². The van der Waals surface area contributed by atoms with Gasteiger partial charge in [0.05, 0.1) is 5.60 Å². The first-order chi connectivity index (χ1) is 9.85. The molecule has 4 heteroatoms. The van der Waals surface area contributed by atoms with Crippen LogP contribution in [0.15, 0.2) is 0 Å². The molecule has 0 bridgehead atoms. The van der Waals surface area contributed by atoms with E-state index in [4.69, 9.17) is 4.74 Å². The fourth-order valence-corrected chi connectivity index (χ4v) is 4.45. The van der Waals surface area contributed by atoms with Gasteiger partial charge in [0.1, 0.15) is 6.04 Å². The predicted octanol–water partition coefficient (Wildman–Crippen LogP) is 3.30. The summed E-state index contributed by atoms with van der Waals surface area (Å²) in [5, 5.41) is 9.63. The minimum Gasteiger partial charge on any atom is -0.480 e. The minimum atomic E-state index is -0.652. The number of methoxy groups -OCH3 is 1. The SMILES string of the molecule is COC(C)(C)CC(C)N1C(C(=O)O)CCC2CCCCC21. The molecule has 21 heavy (non-hydrogen) atoms. The van der Waals surface area contributed by atoms with Gasteiger partial charge in [-0.15, -0.1) is 0 Å². The topological polar surface area (TPSA) is 49.8 Å². The number of carboxylic acid groups (broad SMARTS) is 1. The Bertz CT molecular complexity index is 369. The van der Waals surface area contributed by atoms with Crippen molar-refractivity contribution in [3.05, 3.63) is 0 Å². The molecule has 0 radical (unpaired) electrons. The molecule has 1 N–H and O–H groups in total. The molecule has 1 aliphatic carbocycles. The molecule has 0 amide bonds. The molecular formula is C17H31NO3. The van der Waals surface area contributed by atoms with Gasteiger partial charge in [0.25, 0.3) is 0 Å². The molecule has 4 unspecified atom stereocenters. The highest BCUT2D eigenvalue weighted by Gasteiger charge is 2.44. The summed E-state index contributed by atoms with van der Waals surface area (Å²) in [5.74, 6) is 0.0450. The molecule has 0 aromatic carbocycles. The third kappa shape index (κ3) is 3.78. The Hall–Kier alpha value is -0.610. The molecule has 4 nitrogen and oxygen atoms in total. The van der Waals surface area contributed by atoms with Gasteiger partial charge in [-0.1, -0.05) is 12.8 Å². The Morgan fingerprint density at radius 3 is 2.57 bits per heavy atom. The van der Waals surface area contributed by atoms with E-state index in [0.717, 1.165) is 25.7 Å². The third-order valence-corrected chi connectivity index (χ3v) is 5.56. The zero-order valence-electron chi connectivity index (χ0n) is 14.0. The average molecular weight is 297 g/mol. The molecule has 122 valence electrons. The fraction of sp³-hybridized carbons (Fsp3) is 0.941. The van der Waals surface area contributed by atoms with Crippen LogP contribution in [0.2, 0.25) is 0 Å². The van der Waals surface area contributed by atoms with Gasteiger partial charge in [-0.2, -0.15) is 0 Å². The Labute approximate surface area is 128 Å². The van der Waals surface area contributed by atoms with Crippen LogP contribution in [0.5, 0.6) is 0 Å². The Kier molecular flexibility index (Phi) is 5.31. The largest absolute Gasteiger partial charge is 0.480 e. The summed E-state index contributed by atoms with van der Waals surface area (Å²) in [6.07, 6.45) is 7.73. The van der Waals surface area contributed by atoms with E-state index in [1.54, 1.807) is 7.11 Å². The van der Waals surface area contributed by atoms with Gasteiger partial charge >= 0.3 is 5.97 Å². The summed E-state index contributed by atoms with van der Waals surface area (Å²) >= 11 is 0. The lowest BCUT2D eigenvalue weighted by Gasteiger charge is -2.50. The zero-order chi connectivity index (χ0) is 15.6. The van der Waals surface area contributed by atoms with Crippen LogP contribution in [-0.2, 0) is 9.53 Å². The Morgan fingerprint density at radius 1 is 1.29 bits per heavy atom. The van der Waals surface area contributed by atoms with Crippen molar-refractivity contribution < 1.29 is 14.6 Å². The number of ether oxygens (including phenoxy) is 1. The summed E-state index contributed by atoms with van der Waals surface area (Å²) in [6.45, 7) is 6.34. The van der Waals surface area contributed by atoms with Gasteiger partial charge < -0.3 is 9.84 Å². The van der Waals surface area contributed by atoms with Crippen molar-refractivity contribution in [3.8, 4) is 0 Å². The monoisotopic (exact) mass is 297 g/mol. The summed E-state index contributed by atoms with van der Waals surface area (Å²) in [6, 6.07) is 0.384. The van der Waals surface area contributed by atoms with Gasteiger partial charge in [0.2, 0.25) is 0 Å². The highest BCUT2D eigenvalue weighted by Crippen LogP contribution is 2.40. The smallest absolute Gasteiger partial charge is 0.320 e. The van der Waals surface area contributed by atoms with Crippen molar-refractivity contribution >= 4 is 5.97 Å². The van der Waals surface area contributed by atoms with Gasteiger partial charge in [0.15, 0.2) is 0 Å². The maximum Gasteiger partial charge on any atom is 0.320 e. The highest BCUT2D eigenvalue weighted by atomic mass is 16.5. The molecule has 1 saturated carbocycles. The van der Waals surface area contributed by atoms with Crippen LogP contribution in [0.3, 0.4) is 0 Å². The second-order valence-electron chi connectivity index (χ2n) is 7.51. The molecule has 0 spiro atoms. The molecular weight excluding hydrogens is 266 g/mol. The van der Waals surface area contributed by atoms with E-state index < -0.39 is 5.97 Å². The van der Waals surface area contributed by atoms with E-state index in [1.165, 1.54) is 19.3 Å². The number of hydrogen-bond donors (Lipinski definition) is 1. The lowest BCUT2D eigenvalue weighted by atomic mass is 9.75. The van der Waals surface area contributed by atoms with Crippen LogP contribution in [0.1, 0.15) is 65.7 Å². The first-order valence-electron chi connectivity index (χ1n) is 8.41. The number of carbonyl (C=O) groups is 1. The van der Waals surface area contributed by atoms with Crippen LogP contribution >= 0.6 is 0 Å². The van der Waals surface area contributed by atoms with Crippen molar-refractivity contribution in [1.29, 1.82) is 0 Å². The third-order valence-electron chi connectivity index (χ3n) is 5.56. The number of carboxylic acids is 1. The van der Waals surface area contributed by atoms with Gasteiger partial charge in [0, 0.05) is 19.2 Å². The molecule has 1 saturated heterocycles. The van der Waals surface area contributed by atoms with Crippen LogP contribution in [0.25, 0.3) is 0 Å². The van der Waals surface area contributed by atoms with Gasteiger partial charge in [-0.25, -0.2) is 0 Å². The number of aliphatic carboxylic acids is 1. The molecule has 4 atom stereocenters. The molecule has 2 rings (SSSR count). The van der Waals surface area contributed by atoms with E-state index >= 15 is 0 Å². The second-order valence-corrected chi connectivity index (χ2v) is 7.51. The number of rotatable bonds is 5. The average Bonchev–Trinajstić information content (AvgIpc) is 2.45. The molecule has 0 aromatic heterocycles. The normalized spacial score (nSPS) is 32.5. The quantitative estimate of drug-likeness (QED) is 0.846. The lowest BCUT2D eigenvalue weighted by molar-refractivity contribution is -0.151. The molecule has 2 fully saturated rings. The minimum absolute atomic E-state index is 0.204. The summed E-state index contributed by atoms with van der Waals surface area (Å²) in [7, 11) is 1.74. The van der Waals surface area contributed by atoms with Crippen LogP contribution in [0, 0.1) is 5.92 Å². The van der Waals surface area contributed by atoms with E-state index in [9.17, 15) is 9.90 Å². The Morgan fingerprint density at radius 2 is 1.95 bits per heavy atom. The first-order valence-corrected chi connectivity index (χ1v) is 8.41. The maximum atomic E-state index is 11.7. The summed E-state index contributed by atoms with van der Waals surface area (Å²) < 4.78 is 5.56. The Balaban J connectivity index is 2.17. The van der Waals surface area contributed by atoms with Gasteiger partial charge in [-0.05, 0) is 58.8 Å². The maximum absolute atomic E-state index is 11.7. The molecule has 1 heterocycles. The van der Waals surface area contributed by atoms with Crippen molar-refractivity contribution in [1.82, 2.24) is 4.90 Å². The zero-order valence-corrected chi connectivity index (χ0v) is 14.0. The van der Waals surface area contributed by atoms with Crippen LogP contribution < -0.4 is 0 Å². The lowest BCUT2D eigenvalue weighted by Crippen LogP contribution is -2.59. The van der Waals surface area contributed by atoms with E-state index in [2.05, 4.69) is 25.7 Å². The summed E-state index contributed by atoms with van der Waals surface area (Å²) in [5.41, 5.74) is -0.204. The number of fused-ring (bicyclic) bond motifs is 1. The van der Waals surface area contributed by atoms with E-state index in [0.29, 0.717) is 12.0 Å². The molecule has 2 aliphatic rings. The van der Waals surface area contributed by atoms with Crippen LogP contribution in [0.4, 0.5) is 0 Å². The standard InChI is InChI=1S/C17H31NO3/c1-12(11-17(2,3)21-4)18-14-8-6-5-7-13(14)9-10-15(18)16(19)20/h12-15H,5-11H2,1-4H3,(H,19,20). The summed E-state index contributed by atoms with van der Waals surface area (Å²) in [4.78, 5) is 14.0. The van der Waals surface area contributed by atoms with E-state index in [1.807, 2.05) is 0 Å². The highest BCUT2D eigenvalue weighted by molar-refractivity contribution is 5.73. The number of likely N-dealkylation sites (tertiary alicyclic amines) is 1. The van der Waals surface area contributed by atoms with Gasteiger partial charge in [-0.3, -0.25) is 9.69 Å². The van der Waals surface area contributed by atoms with Crippen molar-refractivity contribution in [2.24, 2.45) is 5.92 Å². The predicted molar refractivity (Wildman–Crippen MR) is 83.4 cm³/mol. The van der Waals surface area contributed by atoms with E-state index in [-0.39, 0.29) is 17.7 Å². The van der Waals surface area contributed by atoms with Crippen LogP contribution in [-0.4, -0.2) is 46.8 Å². The first kappa shape index (κ1) is 16.8. The number of piperidine rings is 1. The second kappa shape index (κ2) is 6.66. The molecule has 0 aromatic rings. The number of hydrogen-bond acceptors (Lipinski definition) is 3. The van der Waals surface area contributed by atoms with Crippen molar-refractivity contribution in [3.63, 3.8) is 0 Å².